The van der Waals surface area contributed by atoms with Crippen molar-refractivity contribution in [1.29, 1.82) is 5.26 Å². The summed E-state index contributed by atoms with van der Waals surface area (Å²) in [7, 11) is -4.45. The zero-order valence-electron chi connectivity index (χ0n) is 17.9. The maximum atomic E-state index is 15.1. The maximum absolute atomic E-state index is 15.1. The summed E-state index contributed by atoms with van der Waals surface area (Å²) in [5.41, 5.74) is 6.50. The van der Waals surface area contributed by atoms with Crippen LogP contribution < -0.4 is 10.0 Å². The fraction of sp³-hybridized carbons (Fsp3) is 0.0800. The van der Waals surface area contributed by atoms with E-state index in [-0.39, 0.29) is 45.5 Å². The summed E-state index contributed by atoms with van der Waals surface area (Å²) in [6, 6.07) is 18.3. The molecule has 3 aromatic rings. The Bertz CT molecular complexity index is 1600. The molecule has 176 valence electrons. The number of nitrogens with two attached hydrogens (primary N) is 1. The lowest BCUT2D eigenvalue weighted by Crippen LogP contribution is -2.39. The number of hydrogen-bond donors (Lipinski definition) is 1. The van der Waals surface area contributed by atoms with Gasteiger partial charge in [0.15, 0.2) is 5.76 Å². The fourth-order valence-corrected chi connectivity index (χ4v) is 6.58. The van der Waals surface area contributed by atoms with Crippen LogP contribution in [0.15, 0.2) is 87.6 Å². The predicted octanol–water partition coefficient (Wildman–Crippen LogP) is 5.25. The van der Waals surface area contributed by atoms with Gasteiger partial charge in [0.25, 0.3) is 10.0 Å². The van der Waals surface area contributed by atoms with Gasteiger partial charge in [0.1, 0.15) is 28.2 Å². The standard InChI is InChI=1S/C25H16BrF2N3O3S/c26-15-9-10-20(28)17(11-15)22-18(12-29)25(30)34-23-16-6-2-4-8-21(16)31(35(32,33)24(22)23)13-14-5-1-3-7-19(14)27/h1-11,22H,13,30H2/t22-/m1/s1. The third-order valence-electron chi connectivity index (χ3n) is 5.90. The van der Waals surface area contributed by atoms with Crippen molar-refractivity contribution >= 4 is 37.4 Å². The number of nitrogens with zero attached hydrogens (tertiary/aromatic N) is 2. The Morgan fingerprint density at radius 3 is 2.51 bits per heavy atom. The van der Waals surface area contributed by atoms with Gasteiger partial charge < -0.3 is 10.5 Å². The Hall–Kier alpha value is -3.68. The van der Waals surface area contributed by atoms with Crippen molar-refractivity contribution in [3.8, 4) is 6.07 Å². The van der Waals surface area contributed by atoms with Gasteiger partial charge in [0.2, 0.25) is 5.88 Å². The highest BCUT2D eigenvalue weighted by Crippen LogP contribution is 2.51. The maximum Gasteiger partial charge on any atom is 0.265 e. The topological polar surface area (TPSA) is 96.4 Å². The van der Waals surface area contributed by atoms with Crippen LogP contribution in [0.25, 0.3) is 5.76 Å². The van der Waals surface area contributed by atoms with Gasteiger partial charge >= 0.3 is 0 Å². The average molecular weight is 556 g/mol. The van der Waals surface area contributed by atoms with E-state index in [1.807, 2.05) is 6.07 Å². The summed E-state index contributed by atoms with van der Waals surface area (Å²) in [4.78, 5) is -0.338. The van der Waals surface area contributed by atoms with Crippen LogP contribution in [-0.4, -0.2) is 8.42 Å². The van der Waals surface area contributed by atoms with Gasteiger partial charge in [0.05, 0.1) is 18.2 Å². The Balaban J connectivity index is 1.80. The first-order chi connectivity index (χ1) is 16.7. The SMILES string of the molecule is N#CC1=C(N)OC2=C([C@@H]1c1cc(Br)ccc1F)S(=O)(=O)N(Cc1ccccc1F)c1ccccc12. The predicted molar refractivity (Wildman–Crippen MR) is 130 cm³/mol. The zero-order valence-corrected chi connectivity index (χ0v) is 20.3. The molecule has 5 rings (SSSR count). The van der Waals surface area contributed by atoms with Gasteiger partial charge in [-0.25, -0.2) is 17.2 Å². The van der Waals surface area contributed by atoms with Crippen LogP contribution in [0.4, 0.5) is 14.5 Å². The Kier molecular flexibility index (Phi) is 5.62. The number of hydrogen-bond acceptors (Lipinski definition) is 5. The first-order valence-corrected chi connectivity index (χ1v) is 12.6. The van der Waals surface area contributed by atoms with Crippen LogP contribution in [0.2, 0.25) is 0 Å². The molecular formula is C25H16BrF2N3O3S. The third kappa shape index (κ3) is 3.68. The molecule has 0 fully saturated rings. The first kappa shape index (κ1) is 23.1. The summed E-state index contributed by atoms with van der Waals surface area (Å²) in [5, 5.41) is 9.86. The van der Waals surface area contributed by atoms with Crippen LogP contribution in [0.3, 0.4) is 0 Å². The van der Waals surface area contributed by atoms with Crippen LogP contribution in [0.1, 0.15) is 22.6 Å². The van der Waals surface area contributed by atoms with E-state index in [1.54, 1.807) is 30.3 Å². The summed E-state index contributed by atoms with van der Waals surface area (Å²) >= 11 is 3.28. The number of nitriles is 1. The summed E-state index contributed by atoms with van der Waals surface area (Å²) < 4.78 is 65.1. The number of halogens is 3. The molecule has 0 aliphatic carbocycles. The molecule has 35 heavy (non-hydrogen) atoms. The van der Waals surface area contributed by atoms with E-state index >= 15 is 4.39 Å². The van der Waals surface area contributed by atoms with Crippen molar-refractivity contribution in [2.24, 2.45) is 5.73 Å². The van der Waals surface area contributed by atoms with Crippen LogP contribution in [0, 0.1) is 23.0 Å². The number of sulfonamides is 1. The summed E-state index contributed by atoms with van der Waals surface area (Å²) in [6.07, 6.45) is 0. The molecule has 10 heteroatoms. The molecule has 1 atom stereocenters. The number of benzene rings is 3. The minimum absolute atomic E-state index is 0.0662. The van der Waals surface area contributed by atoms with Gasteiger partial charge in [0, 0.05) is 21.2 Å². The van der Waals surface area contributed by atoms with E-state index < -0.39 is 27.6 Å². The second-order valence-corrected chi connectivity index (χ2v) is 10.7. The first-order valence-electron chi connectivity index (χ1n) is 10.4. The Morgan fingerprint density at radius 2 is 1.77 bits per heavy atom. The second kappa shape index (κ2) is 8.52. The average Bonchev–Trinajstić information content (AvgIpc) is 2.83. The van der Waals surface area contributed by atoms with E-state index in [9.17, 15) is 18.1 Å². The molecule has 0 bridgehead atoms. The van der Waals surface area contributed by atoms with Crippen molar-refractivity contribution in [3.05, 3.63) is 116 Å². The number of para-hydroxylation sites is 1. The minimum atomic E-state index is -4.45. The molecule has 0 amide bonds. The molecular weight excluding hydrogens is 540 g/mol. The van der Waals surface area contributed by atoms with Gasteiger partial charge in [-0.15, -0.1) is 0 Å². The smallest absolute Gasteiger partial charge is 0.265 e. The van der Waals surface area contributed by atoms with Crippen LogP contribution in [0.5, 0.6) is 0 Å². The lowest BCUT2D eigenvalue weighted by Gasteiger charge is -2.38. The number of allylic oxidation sites excluding steroid dienone is 2. The molecule has 3 aromatic carbocycles. The Morgan fingerprint density at radius 1 is 1.06 bits per heavy atom. The van der Waals surface area contributed by atoms with E-state index in [0.717, 1.165) is 4.31 Å². The molecule has 0 saturated carbocycles. The largest absolute Gasteiger partial charge is 0.439 e. The molecule has 6 nitrogen and oxygen atoms in total. The number of fused-ring (bicyclic) bond motifs is 2. The van der Waals surface area contributed by atoms with Gasteiger partial charge in [-0.2, -0.15) is 5.26 Å². The van der Waals surface area contributed by atoms with Gasteiger partial charge in [-0.3, -0.25) is 4.31 Å². The number of rotatable bonds is 3. The van der Waals surface area contributed by atoms with Crippen molar-refractivity contribution < 1.29 is 21.9 Å². The highest BCUT2D eigenvalue weighted by molar-refractivity contribution is 9.10. The van der Waals surface area contributed by atoms with Crippen molar-refractivity contribution in [1.82, 2.24) is 0 Å². The second-order valence-electron chi connectivity index (χ2n) is 7.90. The summed E-state index contributed by atoms with van der Waals surface area (Å²) in [5.74, 6) is -3.07. The lowest BCUT2D eigenvalue weighted by atomic mass is 9.88. The van der Waals surface area contributed by atoms with E-state index in [2.05, 4.69) is 15.9 Å². The van der Waals surface area contributed by atoms with E-state index in [4.69, 9.17) is 10.5 Å². The molecule has 0 aromatic heterocycles. The summed E-state index contributed by atoms with van der Waals surface area (Å²) in [6.45, 7) is -0.322. The van der Waals surface area contributed by atoms with Crippen LogP contribution in [-0.2, 0) is 21.3 Å². The van der Waals surface area contributed by atoms with Crippen molar-refractivity contribution in [2.45, 2.75) is 12.5 Å². The highest BCUT2D eigenvalue weighted by atomic mass is 79.9. The van der Waals surface area contributed by atoms with Gasteiger partial charge in [-0.05, 0) is 36.4 Å². The number of ether oxygens (including phenoxy) is 1. The van der Waals surface area contributed by atoms with Crippen molar-refractivity contribution in [3.63, 3.8) is 0 Å². The molecule has 0 spiro atoms. The normalized spacial score (nSPS) is 18.5. The molecule has 0 unspecified atom stereocenters. The molecule has 2 aliphatic rings. The quantitative estimate of drug-likeness (QED) is 0.475. The highest BCUT2D eigenvalue weighted by Gasteiger charge is 2.48. The Labute approximate surface area is 208 Å². The monoisotopic (exact) mass is 555 g/mol. The third-order valence-corrected chi connectivity index (χ3v) is 8.28. The molecule has 2 aliphatic heterocycles. The van der Waals surface area contributed by atoms with Crippen molar-refractivity contribution in [2.75, 3.05) is 4.31 Å². The molecule has 2 heterocycles. The molecule has 2 N–H and O–H groups in total. The van der Waals surface area contributed by atoms with E-state index in [0.29, 0.717) is 10.0 Å². The van der Waals surface area contributed by atoms with Crippen LogP contribution >= 0.6 is 15.9 Å². The lowest BCUT2D eigenvalue weighted by molar-refractivity contribution is 0.357. The number of anilines is 1. The molecule has 0 radical (unpaired) electrons. The van der Waals surface area contributed by atoms with E-state index in [1.165, 1.54) is 36.4 Å². The fourth-order valence-electron chi connectivity index (χ4n) is 4.31. The zero-order chi connectivity index (χ0) is 24.9. The van der Waals surface area contributed by atoms with Gasteiger partial charge in [-0.1, -0.05) is 46.3 Å². The molecule has 0 saturated heterocycles. The minimum Gasteiger partial charge on any atom is -0.439 e.